The smallest absolute Gasteiger partial charge is 0.308 e. The number of carbonyl (C=O) groups excluding carboxylic acids is 8. The minimum atomic E-state index is -1.45. The Morgan fingerprint density at radius 2 is 0.779 bits per heavy atom. The molecule has 4 amide bonds. The largest absolute Gasteiger partial charge is 0.457 e. The summed E-state index contributed by atoms with van der Waals surface area (Å²) in [7, 11) is 0. The molecule has 0 radical (unpaired) electrons. The van der Waals surface area contributed by atoms with E-state index in [1.54, 1.807) is 41.5 Å². The van der Waals surface area contributed by atoms with Crippen molar-refractivity contribution in [1.29, 1.82) is 0 Å². The SMILES string of the molecule is CC(=O)NC1C(O)OC(CO)[C@@H](O)[C@@H]1O.CC(=O)NC1C(O)OC2COC(C)(C)O[C@H]2[C@@H]1O.CCCC(=O)OC1OC(CO)[C@@H](O)[C@H](OC(=O)CCC)C1NC(C)=O.CCCC(=O)OC1OC2COC(C)(C)O[C@H]2[C@H](OC(=O)CCC)C1NC(C)=O. The van der Waals surface area contributed by atoms with Crippen LogP contribution in [0.4, 0.5) is 0 Å². The van der Waals surface area contributed by atoms with Crippen LogP contribution in [-0.4, -0.2) is 249 Å². The van der Waals surface area contributed by atoms with Crippen molar-refractivity contribution in [1.82, 2.24) is 21.3 Å². The highest BCUT2D eigenvalue weighted by Gasteiger charge is 2.56. The lowest BCUT2D eigenvalue weighted by Gasteiger charge is -2.50. The molecule has 12 unspecified atom stereocenters. The van der Waals surface area contributed by atoms with Crippen molar-refractivity contribution in [3.05, 3.63) is 0 Å². The molecule has 0 bridgehead atoms. The number of amides is 4. The lowest BCUT2D eigenvalue weighted by atomic mass is 9.95. The summed E-state index contributed by atoms with van der Waals surface area (Å²) < 4.78 is 65.6. The normalized spacial score (nSPS) is 34.8. The summed E-state index contributed by atoms with van der Waals surface area (Å²) in [6, 6.07) is -3.98. The van der Waals surface area contributed by atoms with Gasteiger partial charge in [-0.15, -0.1) is 0 Å². The number of hydrogen-bond acceptors (Lipinski definition) is 28. The summed E-state index contributed by atoms with van der Waals surface area (Å²) in [6.07, 6.45) is -14.0. The maximum Gasteiger partial charge on any atom is 0.308 e. The number of esters is 4. The topological polar surface area (TPSA) is 457 Å². The van der Waals surface area contributed by atoms with E-state index in [-0.39, 0.29) is 50.7 Å². The van der Waals surface area contributed by atoms with Gasteiger partial charge in [-0.2, -0.15) is 0 Å². The monoisotopic (exact) mass is 1240 g/mol. The highest BCUT2D eigenvalue weighted by Crippen LogP contribution is 2.36. The Bertz CT molecular complexity index is 2190. The number of nitrogens with one attached hydrogen (secondary N) is 4. The number of rotatable bonds is 18. The van der Waals surface area contributed by atoms with Gasteiger partial charge in [0.25, 0.3) is 0 Å². The van der Waals surface area contributed by atoms with E-state index >= 15 is 0 Å². The summed E-state index contributed by atoms with van der Waals surface area (Å²) in [4.78, 5) is 93.0. The van der Waals surface area contributed by atoms with Crippen LogP contribution in [0.2, 0.25) is 0 Å². The number of carbonyl (C=O) groups is 8. The lowest BCUT2D eigenvalue weighted by molar-refractivity contribution is -0.365. The Balaban J connectivity index is 0.000000308. The van der Waals surface area contributed by atoms with Gasteiger partial charge in [0.05, 0.1) is 26.4 Å². The van der Waals surface area contributed by atoms with Crippen LogP contribution in [-0.2, 0) is 95.2 Å². The fourth-order valence-electron chi connectivity index (χ4n) is 9.50. The molecular formula is C54H92N4O28. The maximum absolute atomic E-state index is 12.2. The fraction of sp³-hybridized carbons (Fsp3) is 0.852. The lowest BCUT2D eigenvalue weighted by Crippen LogP contribution is -2.69. The molecule has 6 rings (SSSR count). The zero-order chi connectivity index (χ0) is 65.0. The van der Waals surface area contributed by atoms with Crippen LogP contribution in [0.5, 0.6) is 0 Å². The van der Waals surface area contributed by atoms with E-state index in [0.29, 0.717) is 25.7 Å². The van der Waals surface area contributed by atoms with Crippen LogP contribution in [0.1, 0.15) is 134 Å². The molecule has 6 fully saturated rings. The molecule has 32 nitrogen and oxygen atoms in total. The van der Waals surface area contributed by atoms with Crippen LogP contribution in [0.25, 0.3) is 0 Å². The van der Waals surface area contributed by atoms with E-state index < -0.39 is 183 Å². The molecule has 12 N–H and O–H groups in total. The Morgan fingerprint density at radius 1 is 0.430 bits per heavy atom. The van der Waals surface area contributed by atoms with Crippen molar-refractivity contribution in [3.63, 3.8) is 0 Å². The van der Waals surface area contributed by atoms with Crippen LogP contribution in [0.15, 0.2) is 0 Å². The molecule has 6 heterocycles. The summed E-state index contributed by atoms with van der Waals surface area (Å²) in [5.41, 5.74) is 0. The molecule has 496 valence electrons. The maximum atomic E-state index is 12.2. The number of hydrogen-bond donors (Lipinski definition) is 12. The van der Waals surface area contributed by atoms with Crippen molar-refractivity contribution >= 4 is 47.5 Å². The summed E-state index contributed by atoms with van der Waals surface area (Å²) >= 11 is 0. The average Bonchev–Trinajstić information content (AvgIpc) is 1.74. The van der Waals surface area contributed by atoms with E-state index in [4.69, 9.17) is 61.9 Å². The standard InChI is InChI=1S/C19H31NO8.C16H27NO8.C11H19NO6.C8H15NO6/c1-6-8-13(22)26-17-15(20-11(3)21)18(27-14(23)9-7-2)25-12-10-24-19(4,5)28-16(12)17;1-4-6-11(20)24-15-13(17-9(3)19)16(25-12(21)7-5-2)23-10(8-18)14(15)22;1-5(13)12-7-8(14)9-6(17-10(7)15)4-16-11(2,3)18-9;1-3(11)9-5-7(13)6(12)4(2-10)15-8(5)14/h12,15-18H,6-10H2,1-5H3,(H,20,21);10,13-16,18,22H,4-8H2,1-3H3,(H,17,19);6-10,14-15H,4H2,1-3H3,(H,12,13);4-8,10,12-14H,2H2,1H3,(H,9,11)/t12?,15?,16-,17-,18?;10?,13?,14-,15-,16?;6?,7?,8-,9-,10?;4?,5?,6-,7-,8?/m1111/s1. The van der Waals surface area contributed by atoms with Gasteiger partial charge >= 0.3 is 23.9 Å². The number of aliphatic hydroxyl groups excluding tert-OH is 8. The molecule has 20 atom stereocenters. The van der Waals surface area contributed by atoms with Crippen LogP contribution < -0.4 is 21.3 Å². The van der Waals surface area contributed by atoms with Gasteiger partial charge in [0.15, 0.2) is 36.4 Å². The molecule has 0 aromatic heterocycles. The Morgan fingerprint density at radius 3 is 1.21 bits per heavy atom. The fourth-order valence-corrected chi connectivity index (χ4v) is 9.50. The average molecular weight is 1250 g/mol. The van der Waals surface area contributed by atoms with Crippen molar-refractivity contribution in [2.24, 2.45) is 0 Å². The zero-order valence-electron chi connectivity index (χ0n) is 50.8. The summed E-state index contributed by atoms with van der Waals surface area (Å²) in [5.74, 6) is -5.41. The molecule has 0 aromatic rings. The molecule has 6 aliphatic rings. The Labute approximate surface area is 498 Å². The van der Waals surface area contributed by atoms with Gasteiger partial charge < -0.3 is 119 Å². The van der Waals surface area contributed by atoms with Crippen LogP contribution >= 0.6 is 0 Å². The zero-order valence-corrected chi connectivity index (χ0v) is 50.8. The van der Waals surface area contributed by atoms with Crippen molar-refractivity contribution in [3.8, 4) is 0 Å². The molecule has 0 aliphatic carbocycles. The Hall–Kier alpha value is -4.88. The van der Waals surface area contributed by atoms with Crippen molar-refractivity contribution in [2.75, 3.05) is 26.4 Å². The first-order valence-electron chi connectivity index (χ1n) is 28.7. The minimum Gasteiger partial charge on any atom is -0.457 e. The molecular weight excluding hydrogens is 1150 g/mol. The third-order valence-electron chi connectivity index (χ3n) is 13.4. The first-order valence-corrected chi connectivity index (χ1v) is 28.7. The van der Waals surface area contributed by atoms with E-state index in [9.17, 15) is 74.1 Å². The third kappa shape index (κ3) is 22.9. The number of fused-ring (bicyclic) bond motifs is 2. The highest BCUT2D eigenvalue weighted by atomic mass is 16.8. The second-order valence-corrected chi connectivity index (χ2v) is 21.9. The van der Waals surface area contributed by atoms with Crippen molar-refractivity contribution in [2.45, 2.75) is 269 Å². The van der Waals surface area contributed by atoms with Crippen LogP contribution in [0.3, 0.4) is 0 Å². The van der Waals surface area contributed by atoms with Gasteiger partial charge in [0.2, 0.25) is 36.2 Å². The van der Waals surface area contributed by atoms with Gasteiger partial charge in [0.1, 0.15) is 85.2 Å². The molecule has 6 saturated heterocycles. The van der Waals surface area contributed by atoms with E-state index in [1.807, 2.05) is 13.8 Å². The Kier molecular flexibility index (Phi) is 31.0. The van der Waals surface area contributed by atoms with Gasteiger partial charge in [-0.25, -0.2) is 0 Å². The van der Waals surface area contributed by atoms with E-state index in [0.717, 1.165) is 0 Å². The molecule has 0 aromatic carbocycles. The minimum absolute atomic E-state index is 0.126. The van der Waals surface area contributed by atoms with Gasteiger partial charge in [-0.1, -0.05) is 27.7 Å². The molecule has 0 spiro atoms. The van der Waals surface area contributed by atoms with Gasteiger partial charge in [-0.05, 0) is 53.4 Å². The van der Waals surface area contributed by atoms with E-state index in [1.165, 1.54) is 27.7 Å². The van der Waals surface area contributed by atoms with Gasteiger partial charge in [-0.3, -0.25) is 38.4 Å². The summed E-state index contributed by atoms with van der Waals surface area (Å²) in [5, 5.41) is 86.7. The quantitative estimate of drug-likeness (QED) is 0.0472. The first kappa shape index (κ1) is 75.4. The predicted octanol–water partition coefficient (Wildman–Crippen LogP) is -3.31. The third-order valence-corrected chi connectivity index (χ3v) is 13.4. The van der Waals surface area contributed by atoms with Gasteiger partial charge in [0, 0.05) is 53.4 Å². The summed E-state index contributed by atoms with van der Waals surface area (Å²) in [6.45, 7) is 18.6. The van der Waals surface area contributed by atoms with E-state index in [2.05, 4.69) is 21.3 Å². The van der Waals surface area contributed by atoms with Crippen LogP contribution in [0, 0.1) is 0 Å². The molecule has 0 saturated carbocycles. The molecule has 86 heavy (non-hydrogen) atoms. The number of ether oxygens (including phenoxy) is 12. The van der Waals surface area contributed by atoms with Crippen molar-refractivity contribution < 1.29 is 136 Å². The highest BCUT2D eigenvalue weighted by molar-refractivity contribution is 5.75. The predicted molar refractivity (Wildman–Crippen MR) is 289 cm³/mol. The number of aliphatic hydroxyl groups is 8. The first-order chi connectivity index (χ1) is 40.3. The molecule has 6 aliphatic heterocycles. The second kappa shape index (κ2) is 35.3. The second-order valence-electron chi connectivity index (χ2n) is 21.9. The molecule has 32 heteroatoms.